The third-order valence-electron chi connectivity index (χ3n) is 4.56. The summed E-state index contributed by atoms with van der Waals surface area (Å²) in [5, 5.41) is 0.547. The van der Waals surface area contributed by atoms with Crippen molar-refractivity contribution < 1.29 is 19.0 Å². The number of halogens is 1. The van der Waals surface area contributed by atoms with Crippen LogP contribution in [-0.4, -0.2) is 30.7 Å². The Kier molecular flexibility index (Phi) is 7.14. The monoisotopic (exact) mass is 427 g/mol. The Balaban J connectivity index is 1.61. The smallest absolute Gasteiger partial charge is 0.223 e. The second-order valence-electron chi connectivity index (χ2n) is 6.53. The summed E-state index contributed by atoms with van der Waals surface area (Å²) in [5.74, 6) is 1.40. The summed E-state index contributed by atoms with van der Waals surface area (Å²) in [6.07, 6.45) is 1.68. The molecule has 0 saturated carbocycles. The van der Waals surface area contributed by atoms with Gasteiger partial charge in [-0.1, -0.05) is 11.6 Å². The molecule has 1 heterocycles. The van der Waals surface area contributed by atoms with Gasteiger partial charge in [-0.15, -0.1) is 0 Å². The van der Waals surface area contributed by atoms with E-state index in [1.807, 2.05) is 28.8 Å². The van der Waals surface area contributed by atoms with Gasteiger partial charge < -0.3 is 18.8 Å². The van der Waals surface area contributed by atoms with Crippen LogP contribution in [0.4, 0.5) is 0 Å². The highest BCUT2D eigenvalue weighted by Crippen LogP contribution is 2.18. The van der Waals surface area contributed by atoms with E-state index in [2.05, 4.69) is 0 Å². The van der Waals surface area contributed by atoms with E-state index < -0.39 is 0 Å². The topological polar surface area (TPSA) is 66.8 Å². The number of aromatic nitrogens is 1. The average molecular weight is 428 g/mol. The predicted molar refractivity (Wildman–Crippen MR) is 115 cm³/mol. The van der Waals surface area contributed by atoms with Crippen LogP contribution >= 0.6 is 11.6 Å². The molecule has 0 unspecified atom stereocenters. The van der Waals surface area contributed by atoms with Gasteiger partial charge in [0, 0.05) is 22.8 Å². The Morgan fingerprint density at radius 1 is 0.967 bits per heavy atom. The second kappa shape index (κ2) is 9.98. The van der Waals surface area contributed by atoms with Crippen molar-refractivity contribution in [1.82, 2.24) is 4.57 Å². The molecule has 3 aromatic rings. The fourth-order valence-corrected chi connectivity index (χ4v) is 2.99. The maximum atomic E-state index is 12.3. The first kappa shape index (κ1) is 21.5. The largest absolute Gasteiger partial charge is 0.497 e. The average Bonchev–Trinajstić information content (AvgIpc) is 2.76. The van der Waals surface area contributed by atoms with Gasteiger partial charge in [-0.2, -0.15) is 0 Å². The summed E-state index contributed by atoms with van der Waals surface area (Å²) in [6, 6.07) is 15.2. The molecule has 6 nitrogen and oxygen atoms in total. The molecule has 2 aromatic carbocycles. The zero-order valence-corrected chi connectivity index (χ0v) is 17.5. The third kappa shape index (κ3) is 5.42. The number of nitrogens with zero attached hydrogens (tertiary/aromatic N) is 1. The molecule has 0 aliphatic rings. The molecular weight excluding hydrogens is 406 g/mol. The zero-order valence-electron chi connectivity index (χ0n) is 16.8. The van der Waals surface area contributed by atoms with Crippen LogP contribution in [-0.2, 0) is 6.54 Å². The summed E-state index contributed by atoms with van der Waals surface area (Å²) >= 11 is 5.84. The molecule has 156 valence electrons. The highest BCUT2D eigenvalue weighted by atomic mass is 35.5. The predicted octanol–water partition coefficient (Wildman–Crippen LogP) is 4.16. The van der Waals surface area contributed by atoms with E-state index in [1.165, 1.54) is 6.07 Å². The Labute approximate surface area is 179 Å². The number of ketones is 1. The lowest BCUT2D eigenvalue weighted by molar-refractivity contribution is 0.0919. The number of methoxy groups -OCH3 is 1. The van der Waals surface area contributed by atoms with Crippen molar-refractivity contribution in [2.75, 3.05) is 20.3 Å². The molecule has 0 saturated heterocycles. The van der Waals surface area contributed by atoms with Crippen LogP contribution in [0.5, 0.6) is 17.2 Å². The normalized spacial score (nSPS) is 10.5. The Bertz CT molecular complexity index is 1060. The zero-order chi connectivity index (χ0) is 21.5. The van der Waals surface area contributed by atoms with Crippen molar-refractivity contribution >= 4 is 17.4 Å². The lowest BCUT2D eigenvalue weighted by Gasteiger charge is -2.15. The van der Waals surface area contributed by atoms with E-state index in [0.29, 0.717) is 29.4 Å². The number of benzene rings is 2. The van der Waals surface area contributed by atoms with Crippen molar-refractivity contribution in [2.45, 2.75) is 13.5 Å². The molecule has 0 N–H and O–H groups in total. The molecule has 0 aliphatic carbocycles. The van der Waals surface area contributed by atoms with Gasteiger partial charge >= 0.3 is 0 Å². The quantitative estimate of drug-likeness (QED) is 0.480. The molecule has 0 spiro atoms. The van der Waals surface area contributed by atoms with Crippen molar-refractivity contribution in [3.05, 3.63) is 87.3 Å². The minimum absolute atomic E-state index is 0.157. The van der Waals surface area contributed by atoms with Crippen LogP contribution in [0.3, 0.4) is 0 Å². The number of hydrogen-bond acceptors (Lipinski definition) is 5. The summed E-state index contributed by atoms with van der Waals surface area (Å²) in [5.41, 5.74) is 0.828. The second-order valence-corrected chi connectivity index (χ2v) is 6.97. The summed E-state index contributed by atoms with van der Waals surface area (Å²) in [4.78, 5) is 24.5. The van der Waals surface area contributed by atoms with Gasteiger partial charge in [0.1, 0.15) is 18.1 Å². The fourth-order valence-electron chi connectivity index (χ4n) is 2.86. The summed E-state index contributed by atoms with van der Waals surface area (Å²) in [6.45, 7) is 2.46. The maximum absolute atomic E-state index is 12.3. The molecule has 1 aromatic heterocycles. The first-order valence-corrected chi connectivity index (χ1v) is 9.74. The first-order valence-electron chi connectivity index (χ1n) is 9.36. The van der Waals surface area contributed by atoms with Crippen LogP contribution in [0.15, 0.2) is 65.6 Å². The number of ether oxygens (including phenoxy) is 3. The van der Waals surface area contributed by atoms with Crippen LogP contribution in [0.25, 0.3) is 0 Å². The fraction of sp³-hybridized carbons (Fsp3) is 0.217. The Hall–Kier alpha value is -3.25. The third-order valence-corrected chi connectivity index (χ3v) is 4.82. The van der Waals surface area contributed by atoms with Crippen molar-refractivity contribution in [3.8, 4) is 17.2 Å². The van der Waals surface area contributed by atoms with Gasteiger partial charge in [0.2, 0.25) is 5.43 Å². The van der Waals surface area contributed by atoms with E-state index >= 15 is 0 Å². The molecule has 0 fully saturated rings. The van der Waals surface area contributed by atoms with E-state index in [9.17, 15) is 9.59 Å². The molecule has 0 amide bonds. The Morgan fingerprint density at radius 2 is 1.63 bits per heavy atom. The maximum Gasteiger partial charge on any atom is 0.223 e. The number of carbonyl (C=O) groups excluding carboxylic acids is 1. The molecular formula is C23H22ClNO5. The van der Waals surface area contributed by atoms with Gasteiger partial charge in [0.25, 0.3) is 0 Å². The van der Waals surface area contributed by atoms with E-state index in [0.717, 1.165) is 11.5 Å². The van der Waals surface area contributed by atoms with Gasteiger partial charge in [-0.25, -0.2) is 0 Å². The van der Waals surface area contributed by atoms with E-state index in [4.69, 9.17) is 25.8 Å². The summed E-state index contributed by atoms with van der Waals surface area (Å²) < 4.78 is 18.3. The molecule has 30 heavy (non-hydrogen) atoms. The van der Waals surface area contributed by atoms with Gasteiger partial charge in [-0.05, 0) is 55.5 Å². The van der Waals surface area contributed by atoms with Crippen molar-refractivity contribution in [2.24, 2.45) is 0 Å². The lowest BCUT2D eigenvalue weighted by Crippen LogP contribution is -2.20. The number of rotatable bonds is 9. The summed E-state index contributed by atoms with van der Waals surface area (Å²) in [7, 11) is 1.61. The molecule has 3 rings (SSSR count). The van der Waals surface area contributed by atoms with Crippen LogP contribution in [0, 0.1) is 6.92 Å². The van der Waals surface area contributed by atoms with E-state index in [1.54, 1.807) is 44.5 Å². The molecule has 0 atom stereocenters. The Morgan fingerprint density at radius 3 is 2.30 bits per heavy atom. The molecule has 7 heteroatoms. The van der Waals surface area contributed by atoms with Crippen LogP contribution in [0.2, 0.25) is 5.02 Å². The highest BCUT2D eigenvalue weighted by molar-refractivity contribution is 6.30. The standard InChI is InChI=1S/C23H22ClNO5/c1-16-23(30-15-22(27)17-3-5-18(24)6-4-17)21(26)11-12-25(16)13-14-29-20-9-7-19(28-2)8-10-20/h3-12H,13-15H2,1-2H3. The number of Topliss-reactive ketones (excluding diaryl/α,β-unsaturated/α-hetero) is 1. The molecule has 0 aliphatic heterocycles. The minimum atomic E-state index is -0.274. The van der Waals surface area contributed by atoms with Crippen molar-refractivity contribution in [1.29, 1.82) is 0 Å². The minimum Gasteiger partial charge on any atom is -0.497 e. The van der Waals surface area contributed by atoms with Gasteiger partial charge in [0.05, 0.1) is 19.3 Å². The molecule has 0 bridgehead atoms. The van der Waals surface area contributed by atoms with E-state index in [-0.39, 0.29) is 23.6 Å². The van der Waals surface area contributed by atoms with Crippen LogP contribution in [0.1, 0.15) is 16.1 Å². The number of pyridine rings is 1. The van der Waals surface area contributed by atoms with Gasteiger partial charge in [0.15, 0.2) is 18.1 Å². The first-order chi connectivity index (χ1) is 14.5. The molecule has 0 radical (unpaired) electrons. The lowest BCUT2D eigenvalue weighted by atomic mass is 10.1. The number of carbonyl (C=O) groups is 1. The van der Waals surface area contributed by atoms with Gasteiger partial charge in [-0.3, -0.25) is 9.59 Å². The SMILES string of the molecule is COc1ccc(OCCn2ccc(=O)c(OCC(=O)c3ccc(Cl)cc3)c2C)cc1. The highest BCUT2D eigenvalue weighted by Gasteiger charge is 2.12. The number of hydrogen-bond donors (Lipinski definition) is 0. The van der Waals surface area contributed by atoms with Crippen molar-refractivity contribution in [3.63, 3.8) is 0 Å². The van der Waals surface area contributed by atoms with Crippen LogP contribution < -0.4 is 19.6 Å².